The minimum Gasteiger partial charge on any atom is -0.478 e. The molecular formula is C11H12N4O4S. The molecule has 0 fully saturated rings. The summed E-state index contributed by atoms with van der Waals surface area (Å²) in [6.07, 6.45) is 0. The van der Waals surface area contributed by atoms with Crippen molar-refractivity contribution in [3.63, 3.8) is 0 Å². The molecule has 20 heavy (non-hydrogen) atoms. The molecule has 106 valence electrons. The van der Waals surface area contributed by atoms with Crippen molar-refractivity contribution in [2.24, 2.45) is 0 Å². The highest BCUT2D eigenvalue weighted by molar-refractivity contribution is 7.92. The molecule has 0 radical (unpaired) electrons. The van der Waals surface area contributed by atoms with Crippen LogP contribution in [0.3, 0.4) is 0 Å². The number of rotatable bonds is 4. The lowest BCUT2D eigenvalue weighted by Crippen LogP contribution is -2.17. The summed E-state index contributed by atoms with van der Waals surface area (Å²) < 4.78 is 26.6. The number of aromatic carboxylic acids is 1. The zero-order chi connectivity index (χ0) is 14.9. The number of nitrogens with two attached hydrogens (primary N) is 1. The first kappa shape index (κ1) is 13.9. The van der Waals surface area contributed by atoms with Crippen LogP contribution in [0.1, 0.15) is 16.1 Å². The highest BCUT2D eigenvalue weighted by Crippen LogP contribution is 2.21. The van der Waals surface area contributed by atoms with Crippen molar-refractivity contribution < 1.29 is 18.3 Å². The Morgan fingerprint density at radius 2 is 2.10 bits per heavy atom. The zero-order valence-electron chi connectivity index (χ0n) is 10.4. The molecule has 0 atom stereocenters. The molecule has 8 nitrogen and oxygen atoms in total. The van der Waals surface area contributed by atoms with E-state index < -0.39 is 21.6 Å². The summed E-state index contributed by atoms with van der Waals surface area (Å²) in [7, 11) is -4.06. The van der Waals surface area contributed by atoms with Gasteiger partial charge < -0.3 is 10.8 Å². The Hall–Kier alpha value is -2.55. The standard InChI is InChI=1S/C11H12N4O4S/c1-6-4-10(14-13-6)15-20(18,19)9-3-2-7(12)5-8(9)11(16)17/h2-5H,12H2,1H3,(H,16,17)(H2,13,14,15). The minimum absolute atomic E-state index is 0.0793. The van der Waals surface area contributed by atoms with Gasteiger partial charge in [0.2, 0.25) is 0 Å². The first-order valence-electron chi connectivity index (χ1n) is 5.47. The van der Waals surface area contributed by atoms with Crippen molar-refractivity contribution in [3.05, 3.63) is 35.5 Å². The summed E-state index contributed by atoms with van der Waals surface area (Å²) in [5.41, 5.74) is 5.90. The van der Waals surface area contributed by atoms with Crippen LogP contribution in [0, 0.1) is 6.92 Å². The van der Waals surface area contributed by atoms with Crippen LogP contribution in [0.4, 0.5) is 11.5 Å². The maximum atomic E-state index is 12.2. The highest BCUT2D eigenvalue weighted by atomic mass is 32.2. The average molecular weight is 296 g/mol. The molecule has 0 amide bonds. The van der Waals surface area contributed by atoms with Gasteiger partial charge in [0.15, 0.2) is 5.82 Å². The number of nitrogen functional groups attached to an aromatic ring is 1. The van der Waals surface area contributed by atoms with Crippen LogP contribution in [-0.2, 0) is 10.0 Å². The van der Waals surface area contributed by atoms with Gasteiger partial charge in [-0.25, -0.2) is 13.2 Å². The van der Waals surface area contributed by atoms with Crippen LogP contribution < -0.4 is 10.5 Å². The van der Waals surface area contributed by atoms with Crippen LogP contribution in [0.2, 0.25) is 0 Å². The van der Waals surface area contributed by atoms with Gasteiger partial charge >= 0.3 is 5.97 Å². The van der Waals surface area contributed by atoms with Crippen molar-refractivity contribution in [2.45, 2.75) is 11.8 Å². The number of hydrogen-bond donors (Lipinski definition) is 4. The quantitative estimate of drug-likeness (QED) is 0.615. The molecule has 0 saturated heterocycles. The lowest BCUT2D eigenvalue weighted by Gasteiger charge is -2.09. The van der Waals surface area contributed by atoms with Crippen molar-refractivity contribution in [3.8, 4) is 0 Å². The molecule has 1 aromatic carbocycles. The summed E-state index contributed by atoms with van der Waals surface area (Å²) in [6, 6.07) is 5.03. The largest absolute Gasteiger partial charge is 0.478 e. The molecule has 0 spiro atoms. The number of sulfonamides is 1. The SMILES string of the molecule is Cc1cc(NS(=O)(=O)c2ccc(N)cc2C(=O)O)n[nH]1. The summed E-state index contributed by atoms with van der Waals surface area (Å²) in [5.74, 6) is -1.30. The van der Waals surface area contributed by atoms with E-state index in [1.54, 1.807) is 6.92 Å². The van der Waals surface area contributed by atoms with Crippen LogP contribution in [0.5, 0.6) is 0 Å². The Morgan fingerprint density at radius 1 is 1.40 bits per heavy atom. The van der Waals surface area contributed by atoms with E-state index in [9.17, 15) is 13.2 Å². The number of anilines is 2. The fourth-order valence-corrected chi connectivity index (χ4v) is 2.78. The predicted octanol–water partition coefficient (Wildman–Crippen LogP) is 0.799. The van der Waals surface area contributed by atoms with Crippen molar-refractivity contribution >= 4 is 27.5 Å². The summed E-state index contributed by atoms with van der Waals surface area (Å²) in [5, 5.41) is 15.4. The van der Waals surface area contributed by atoms with E-state index >= 15 is 0 Å². The van der Waals surface area contributed by atoms with Gasteiger partial charge in [0.1, 0.15) is 4.90 Å². The molecule has 1 heterocycles. The number of aromatic nitrogens is 2. The van der Waals surface area contributed by atoms with Crippen LogP contribution >= 0.6 is 0 Å². The molecule has 9 heteroatoms. The summed E-state index contributed by atoms with van der Waals surface area (Å²) in [6.45, 7) is 1.71. The third kappa shape index (κ3) is 2.72. The molecule has 0 unspecified atom stereocenters. The normalized spacial score (nSPS) is 11.2. The lowest BCUT2D eigenvalue weighted by molar-refractivity contribution is 0.0692. The molecule has 0 aliphatic heterocycles. The Balaban J connectivity index is 2.46. The monoisotopic (exact) mass is 296 g/mol. The summed E-state index contributed by atoms with van der Waals surface area (Å²) >= 11 is 0. The fraction of sp³-hybridized carbons (Fsp3) is 0.0909. The van der Waals surface area contributed by atoms with Gasteiger partial charge in [-0.1, -0.05) is 0 Å². The number of carboxylic acids is 1. The minimum atomic E-state index is -4.06. The Bertz CT molecular complexity index is 766. The van der Waals surface area contributed by atoms with E-state index in [4.69, 9.17) is 10.8 Å². The van der Waals surface area contributed by atoms with Crippen molar-refractivity contribution in [2.75, 3.05) is 10.5 Å². The van der Waals surface area contributed by atoms with E-state index in [1.165, 1.54) is 12.1 Å². The number of hydrogen-bond acceptors (Lipinski definition) is 5. The molecule has 2 rings (SSSR count). The van der Waals surface area contributed by atoms with Crippen molar-refractivity contribution in [1.29, 1.82) is 0 Å². The molecule has 0 saturated carbocycles. The molecule has 5 N–H and O–H groups in total. The van der Waals surface area contributed by atoms with Gasteiger partial charge in [0.25, 0.3) is 10.0 Å². The second-order valence-electron chi connectivity index (χ2n) is 4.10. The van der Waals surface area contributed by atoms with E-state index in [1.807, 2.05) is 0 Å². The smallest absolute Gasteiger partial charge is 0.337 e. The van der Waals surface area contributed by atoms with Crippen LogP contribution in [-0.4, -0.2) is 29.7 Å². The van der Waals surface area contributed by atoms with Crippen LogP contribution in [0.15, 0.2) is 29.2 Å². The Labute approximate surface area is 114 Å². The number of nitrogens with zero attached hydrogens (tertiary/aromatic N) is 1. The number of nitrogens with one attached hydrogen (secondary N) is 2. The molecule has 2 aromatic rings. The first-order valence-corrected chi connectivity index (χ1v) is 6.95. The van der Waals surface area contributed by atoms with Gasteiger partial charge in [-0.2, -0.15) is 5.10 Å². The van der Waals surface area contributed by atoms with E-state index in [0.717, 1.165) is 12.1 Å². The van der Waals surface area contributed by atoms with E-state index in [0.29, 0.717) is 5.69 Å². The topological polar surface area (TPSA) is 138 Å². The lowest BCUT2D eigenvalue weighted by atomic mass is 10.2. The summed E-state index contributed by atoms with van der Waals surface area (Å²) in [4.78, 5) is 10.7. The maximum absolute atomic E-state index is 12.2. The van der Waals surface area contributed by atoms with Gasteiger partial charge in [-0.15, -0.1) is 0 Å². The fourth-order valence-electron chi connectivity index (χ4n) is 1.61. The third-order valence-electron chi connectivity index (χ3n) is 2.47. The second kappa shape index (κ2) is 4.85. The number of carboxylic acid groups (broad SMARTS) is 1. The average Bonchev–Trinajstić information content (AvgIpc) is 2.73. The van der Waals surface area contributed by atoms with Gasteiger partial charge in [-0.05, 0) is 25.1 Å². The van der Waals surface area contributed by atoms with Gasteiger partial charge in [0.05, 0.1) is 5.56 Å². The zero-order valence-corrected chi connectivity index (χ0v) is 11.2. The highest BCUT2D eigenvalue weighted by Gasteiger charge is 2.23. The van der Waals surface area contributed by atoms with E-state index in [2.05, 4.69) is 14.9 Å². The van der Waals surface area contributed by atoms with Gasteiger partial charge in [0, 0.05) is 17.4 Å². The van der Waals surface area contributed by atoms with Crippen molar-refractivity contribution in [1.82, 2.24) is 10.2 Å². The third-order valence-corrected chi connectivity index (χ3v) is 3.88. The predicted molar refractivity (Wildman–Crippen MR) is 71.9 cm³/mol. The van der Waals surface area contributed by atoms with Gasteiger partial charge in [-0.3, -0.25) is 9.82 Å². The molecular weight excluding hydrogens is 284 g/mol. The van der Waals surface area contributed by atoms with E-state index in [-0.39, 0.29) is 16.4 Å². The number of aromatic amines is 1. The number of carbonyl (C=O) groups is 1. The molecule has 1 aromatic heterocycles. The maximum Gasteiger partial charge on any atom is 0.337 e. The second-order valence-corrected chi connectivity index (χ2v) is 5.75. The molecule has 0 aliphatic rings. The molecule has 0 bridgehead atoms. The number of H-pyrrole nitrogens is 1. The molecule has 0 aliphatic carbocycles. The Morgan fingerprint density at radius 3 is 2.65 bits per heavy atom. The number of aryl methyl sites for hydroxylation is 1. The number of benzene rings is 1. The van der Waals surface area contributed by atoms with Crippen LogP contribution in [0.25, 0.3) is 0 Å². The Kier molecular flexibility index (Phi) is 3.36. The first-order chi connectivity index (χ1) is 9.29.